The van der Waals surface area contributed by atoms with Crippen molar-refractivity contribution in [3.05, 3.63) is 39.8 Å². The largest absolute Gasteiger partial charge is 0.508 e. The summed E-state index contributed by atoms with van der Waals surface area (Å²) in [7, 11) is 0. The minimum atomic E-state index is -0.450. The molecule has 0 aliphatic carbocycles. The van der Waals surface area contributed by atoms with Gasteiger partial charge in [-0.2, -0.15) is 0 Å². The maximum absolute atomic E-state index is 12.0. The average molecular weight is 278 g/mol. The summed E-state index contributed by atoms with van der Waals surface area (Å²) in [4.78, 5) is 16.3. The molecule has 1 aromatic carbocycles. The number of carbonyl (C=O) groups is 1. The Morgan fingerprint density at radius 1 is 1.42 bits per heavy atom. The maximum atomic E-state index is 12.0. The van der Waals surface area contributed by atoms with Crippen LogP contribution in [-0.2, 0) is 0 Å². The lowest BCUT2D eigenvalue weighted by Crippen LogP contribution is -2.26. The smallest absolute Gasteiger partial charge is 0.255 e. The number of phenolic OH excluding ortho intramolecular Hbond substituents is 2. The van der Waals surface area contributed by atoms with E-state index in [-0.39, 0.29) is 23.1 Å². The van der Waals surface area contributed by atoms with Gasteiger partial charge in [0.25, 0.3) is 5.91 Å². The van der Waals surface area contributed by atoms with Crippen molar-refractivity contribution in [3.8, 4) is 11.5 Å². The summed E-state index contributed by atoms with van der Waals surface area (Å²) >= 11 is 1.46. The summed E-state index contributed by atoms with van der Waals surface area (Å²) in [5.41, 5.74) is 0.946. The zero-order valence-electron chi connectivity index (χ0n) is 10.5. The van der Waals surface area contributed by atoms with Gasteiger partial charge in [-0.3, -0.25) is 4.79 Å². The molecule has 0 fully saturated rings. The van der Waals surface area contributed by atoms with Gasteiger partial charge in [0.05, 0.1) is 11.6 Å². The molecule has 1 aromatic heterocycles. The third-order valence-corrected chi connectivity index (χ3v) is 3.72. The number of phenols is 2. The van der Waals surface area contributed by atoms with Crippen LogP contribution in [0.4, 0.5) is 0 Å². The van der Waals surface area contributed by atoms with Gasteiger partial charge in [0, 0.05) is 11.1 Å². The van der Waals surface area contributed by atoms with Gasteiger partial charge in [0.1, 0.15) is 16.5 Å². The number of benzene rings is 1. The highest BCUT2D eigenvalue weighted by Gasteiger charge is 2.17. The molecule has 3 N–H and O–H groups in total. The lowest BCUT2D eigenvalue weighted by molar-refractivity contribution is 0.0936. The maximum Gasteiger partial charge on any atom is 0.255 e. The molecule has 0 radical (unpaired) electrons. The lowest BCUT2D eigenvalue weighted by atomic mass is 10.1. The van der Waals surface area contributed by atoms with E-state index in [2.05, 4.69) is 10.3 Å². The molecule has 0 aliphatic heterocycles. The van der Waals surface area contributed by atoms with Crippen LogP contribution in [0.15, 0.2) is 23.6 Å². The van der Waals surface area contributed by atoms with E-state index >= 15 is 0 Å². The summed E-state index contributed by atoms with van der Waals surface area (Å²) in [5, 5.41) is 24.4. The number of thiazole rings is 1. The Hall–Kier alpha value is -2.08. The third kappa shape index (κ3) is 3.03. The lowest BCUT2D eigenvalue weighted by Gasteiger charge is -2.12. The molecule has 2 aromatic rings. The first-order valence-electron chi connectivity index (χ1n) is 5.72. The van der Waals surface area contributed by atoms with Crippen molar-refractivity contribution in [2.75, 3.05) is 0 Å². The molecule has 19 heavy (non-hydrogen) atoms. The molecule has 0 aliphatic rings. The zero-order valence-corrected chi connectivity index (χ0v) is 11.4. The summed E-state index contributed by atoms with van der Waals surface area (Å²) in [6.07, 6.45) is 0. The summed E-state index contributed by atoms with van der Waals surface area (Å²) in [6.45, 7) is 3.70. The molecule has 100 valence electrons. The number of aromatic nitrogens is 1. The Morgan fingerprint density at radius 2 is 2.16 bits per heavy atom. The minimum absolute atomic E-state index is 0.0418. The fourth-order valence-electron chi connectivity index (χ4n) is 1.61. The number of hydrogen-bond acceptors (Lipinski definition) is 5. The SMILES string of the molecule is Cc1csc(C(C)NC(=O)c2cc(O)ccc2O)n1. The summed E-state index contributed by atoms with van der Waals surface area (Å²) in [5.74, 6) is -0.688. The van der Waals surface area contributed by atoms with Crippen LogP contribution in [0.25, 0.3) is 0 Å². The standard InChI is InChI=1S/C13H14N2O3S/c1-7-6-19-13(14-7)8(2)15-12(18)10-5-9(16)3-4-11(10)17/h3-6,8,16-17H,1-2H3,(H,15,18). The number of amides is 1. The molecular formula is C13H14N2O3S. The number of aromatic hydroxyl groups is 2. The molecule has 1 atom stereocenters. The van der Waals surface area contributed by atoms with E-state index in [0.29, 0.717) is 0 Å². The Kier molecular flexibility index (Phi) is 3.71. The van der Waals surface area contributed by atoms with E-state index in [4.69, 9.17) is 0 Å². The van der Waals surface area contributed by atoms with E-state index in [1.807, 2.05) is 19.2 Å². The molecule has 0 bridgehead atoms. The van der Waals surface area contributed by atoms with Crippen molar-refractivity contribution >= 4 is 17.2 Å². The van der Waals surface area contributed by atoms with Gasteiger partial charge < -0.3 is 15.5 Å². The van der Waals surface area contributed by atoms with Gasteiger partial charge in [0.2, 0.25) is 0 Å². The Labute approximate surface area is 114 Å². The second-order valence-electron chi connectivity index (χ2n) is 4.22. The monoisotopic (exact) mass is 278 g/mol. The van der Waals surface area contributed by atoms with Crippen LogP contribution in [-0.4, -0.2) is 21.1 Å². The van der Waals surface area contributed by atoms with E-state index in [1.54, 1.807) is 0 Å². The quantitative estimate of drug-likeness (QED) is 0.753. The van der Waals surface area contributed by atoms with Crippen LogP contribution in [0.5, 0.6) is 11.5 Å². The van der Waals surface area contributed by atoms with Crippen LogP contribution < -0.4 is 5.32 Å². The first-order valence-corrected chi connectivity index (χ1v) is 6.60. The van der Waals surface area contributed by atoms with Crippen molar-refractivity contribution in [1.29, 1.82) is 0 Å². The van der Waals surface area contributed by atoms with Crippen LogP contribution in [0, 0.1) is 6.92 Å². The first-order chi connectivity index (χ1) is 8.97. The van der Waals surface area contributed by atoms with Crippen molar-refractivity contribution in [3.63, 3.8) is 0 Å². The van der Waals surface area contributed by atoms with Gasteiger partial charge in [-0.05, 0) is 32.0 Å². The molecule has 5 nitrogen and oxygen atoms in total. The number of aryl methyl sites for hydroxylation is 1. The average Bonchev–Trinajstić information content (AvgIpc) is 2.79. The van der Waals surface area contributed by atoms with E-state index in [9.17, 15) is 15.0 Å². The van der Waals surface area contributed by atoms with Gasteiger partial charge in [0.15, 0.2) is 0 Å². The van der Waals surface area contributed by atoms with Crippen LogP contribution in [0.1, 0.15) is 34.0 Å². The predicted molar refractivity (Wildman–Crippen MR) is 72.5 cm³/mol. The van der Waals surface area contributed by atoms with E-state index in [0.717, 1.165) is 10.7 Å². The number of hydrogen-bond donors (Lipinski definition) is 3. The molecule has 1 amide bonds. The van der Waals surface area contributed by atoms with Crippen molar-refractivity contribution < 1.29 is 15.0 Å². The van der Waals surface area contributed by atoms with E-state index < -0.39 is 5.91 Å². The fourth-order valence-corrected chi connectivity index (χ4v) is 2.42. The van der Waals surface area contributed by atoms with Crippen LogP contribution in [0.3, 0.4) is 0 Å². The molecule has 1 unspecified atom stereocenters. The summed E-state index contributed by atoms with van der Waals surface area (Å²) in [6, 6.07) is 3.57. The molecule has 0 spiro atoms. The van der Waals surface area contributed by atoms with Gasteiger partial charge in [-0.25, -0.2) is 4.98 Å². The third-order valence-electron chi connectivity index (χ3n) is 2.58. The van der Waals surface area contributed by atoms with Crippen molar-refractivity contribution in [1.82, 2.24) is 10.3 Å². The molecule has 1 heterocycles. The summed E-state index contributed by atoms with van der Waals surface area (Å²) < 4.78 is 0. The Bertz CT molecular complexity index is 610. The predicted octanol–water partition coefficient (Wildman–Crippen LogP) is 2.35. The molecule has 0 saturated heterocycles. The minimum Gasteiger partial charge on any atom is -0.508 e. The molecule has 6 heteroatoms. The Balaban J connectivity index is 2.15. The second kappa shape index (κ2) is 5.27. The van der Waals surface area contributed by atoms with Crippen LogP contribution in [0.2, 0.25) is 0 Å². The van der Waals surface area contributed by atoms with Gasteiger partial charge in [-0.15, -0.1) is 11.3 Å². The molecule has 2 rings (SSSR count). The van der Waals surface area contributed by atoms with Gasteiger partial charge >= 0.3 is 0 Å². The highest BCUT2D eigenvalue weighted by atomic mass is 32.1. The van der Waals surface area contributed by atoms with E-state index in [1.165, 1.54) is 29.5 Å². The van der Waals surface area contributed by atoms with Crippen molar-refractivity contribution in [2.24, 2.45) is 0 Å². The first kappa shape index (κ1) is 13.4. The molecule has 0 saturated carbocycles. The second-order valence-corrected chi connectivity index (χ2v) is 5.11. The topological polar surface area (TPSA) is 82.5 Å². The number of carbonyl (C=O) groups excluding carboxylic acids is 1. The zero-order chi connectivity index (χ0) is 14.0. The normalized spacial score (nSPS) is 12.1. The number of rotatable bonds is 3. The fraction of sp³-hybridized carbons (Fsp3) is 0.231. The highest BCUT2D eigenvalue weighted by Crippen LogP contribution is 2.23. The number of nitrogens with zero attached hydrogens (tertiary/aromatic N) is 1. The number of nitrogens with one attached hydrogen (secondary N) is 1. The Morgan fingerprint density at radius 3 is 2.79 bits per heavy atom. The van der Waals surface area contributed by atoms with Crippen LogP contribution >= 0.6 is 11.3 Å². The van der Waals surface area contributed by atoms with Crippen molar-refractivity contribution in [2.45, 2.75) is 19.9 Å². The molecular weight excluding hydrogens is 264 g/mol. The highest BCUT2D eigenvalue weighted by molar-refractivity contribution is 7.09. The van der Waals surface area contributed by atoms with Gasteiger partial charge in [-0.1, -0.05) is 0 Å².